The molecule has 0 saturated carbocycles. The number of hydrogen-bond donors (Lipinski definition) is 2. The number of nitrogens with zero attached hydrogens (tertiary/aromatic N) is 9. The molecule has 0 saturated heterocycles. The standard InChI is InChI=1S/C11H12BrNO4S.C10H9BrN2O4S.C10H11BrN2O2S.C8H5BrN2O4S.C8H5BrN2O2S.C6H3BrFNO2.C5H10O2S/c1-3-17-11(14)7(2)18-10-5-4-8(12)6-9(10)13(15)16;1-10(2,6-12)18(16,17)9-4-3-7(11)5-8(9)13(14)15;1-10(2)9(12)13-7-5-6(11)3-4-8(7)16(10,14)15;9-6-1-2-8(7(5-6)11(12)13)16(14,15)4-3-10;9-6-1-2-8(14-4-3-10)7(5-6)11(12)13;7-4-1-2-5(8)6(3-4)9(10)11;1-3-7-5(6)4(2)8/h4-7H,3H2,1-2H3;3-5H,1-2H3;3-5H,1-2H3,(H2,12,13);1-2,5H,4H2;1-2,5H,4H2;1-3H;4,8H,3H2,1-2H3. The third-order valence-electron chi connectivity index (χ3n) is 12.0. The number of sulfone groups is 3. The molecule has 7 rings (SSSR count). The van der Waals surface area contributed by atoms with Crippen LogP contribution in [-0.2, 0) is 48.6 Å². The zero-order valence-electron chi connectivity index (χ0n) is 53.3. The fraction of sp³-hybridized carbons (Fsp3) is 0.276. The van der Waals surface area contributed by atoms with Crippen molar-refractivity contribution in [2.45, 2.75) is 99.9 Å². The number of halogens is 7. The zero-order valence-corrected chi connectivity index (χ0v) is 67.8. The second-order valence-electron chi connectivity index (χ2n) is 19.9. The molecule has 0 spiro atoms. The van der Waals surface area contributed by atoms with Crippen molar-refractivity contribution in [3.63, 3.8) is 0 Å². The van der Waals surface area contributed by atoms with Crippen LogP contribution < -0.4 is 5.73 Å². The van der Waals surface area contributed by atoms with Gasteiger partial charge in [-0.2, -0.15) is 32.8 Å². The van der Waals surface area contributed by atoms with Crippen LogP contribution in [0.25, 0.3) is 0 Å². The lowest BCUT2D eigenvalue weighted by Crippen LogP contribution is -2.47. The van der Waals surface area contributed by atoms with Crippen LogP contribution in [0.2, 0.25) is 0 Å². The van der Waals surface area contributed by atoms with Crippen molar-refractivity contribution in [2.75, 3.05) is 24.7 Å². The highest BCUT2D eigenvalue weighted by Gasteiger charge is 2.44. The van der Waals surface area contributed by atoms with Crippen LogP contribution >= 0.6 is 132 Å². The molecule has 30 nitrogen and oxygen atoms in total. The number of amidine groups is 1. The molecule has 6 aromatic rings. The summed E-state index contributed by atoms with van der Waals surface area (Å²) in [4.78, 5) is 76.3. The molecule has 0 bridgehead atoms. The van der Waals surface area contributed by atoms with Gasteiger partial charge in [-0.25, -0.2) is 30.2 Å². The molecule has 6 aromatic carbocycles. The Labute approximate surface area is 642 Å². The topological polar surface area (TPSA) is 480 Å². The van der Waals surface area contributed by atoms with Gasteiger partial charge in [-0.3, -0.25) is 60.2 Å². The summed E-state index contributed by atoms with van der Waals surface area (Å²) in [6, 6.07) is 30.2. The average molecular weight is 1900 g/mol. The van der Waals surface area contributed by atoms with Gasteiger partial charge < -0.3 is 15.2 Å². The number of nitro groups is 5. The monoisotopic (exact) mass is 1900 g/mol. The molecule has 0 radical (unpaired) electrons. The fourth-order valence-corrected chi connectivity index (χ4v) is 14.4. The second kappa shape index (κ2) is 41.9. The zero-order chi connectivity index (χ0) is 77.9. The first kappa shape index (κ1) is 91.9. The molecular weight excluding hydrogens is 1850 g/mol. The molecule has 0 aromatic heterocycles. The number of ether oxygens (including phenoxy) is 2. The number of nitro benzene ring substituents is 5. The fourth-order valence-electron chi connectivity index (χ4n) is 6.72. The van der Waals surface area contributed by atoms with Crippen molar-refractivity contribution in [3.8, 4) is 18.2 Å². The highest BCUT2D eigenvalue weighted by Crippen LogP contribution is 2.40. The Morgan fingerprint density at radius 2 is 1.02 bits per heavy atom. The third-order valence-corrected chi connectivity index (χ3v) is 23.6. The Bertz CT molecular complexity index is 4620. The number of hydrogen-bond acceptors (Lipinski definition) is 28. The average Bonchev–Trinajstić information content (AvgIpc) is 0.742. The number of nitrogens with two attached hydrogens (primary N) is 1. The van der Waals surface area contributed by atoms with E-state index in [1.807, 2.05) is 6.07 Å². The van der Waals surface area contributed by atoms with Crippen molar-refractivity contribution < 1.29 is 73.3 Å². The number of thiol groups is 1. The lowest BCUT2D eigenvalue weighted by molar-refractivity contribution is -0.388. The molecule has 542 valence electrons. The minimum absolute atomic E-state index is 0.0227. The minimum Gasteiger partial charge on any atom is -0.465 e. The van der Waals surface area contributed by atoms with Gasteiger partial charge in [0, 0.05) is 57.2 Å². The molecule has 2 N–H and O–H groups in total. The first-order chi connectivity index (χ1) is 46.7. The Hall–Kier alpha value is -7.09. The predicted molar refractivity (Wildman–Crippen MR) is 399 cm³/mol. The van der Waals surface area contributed by atoms with Gasteiger partial charge >= 0.3 is 17.6 Å². The van der Waals surface area contributed by atoms with Gasteiger partial charge in [0.15, 0.2) is 24.4 Å². The van der Waals surface area contributed by atoms with Crippen molar-refractivity contribution in [2.24, 2.45) is 10.7 Å². The Kier molecular flexibility index (Phi) is 38.1. The summed E-state index contributed by atoms with van der Waals surface area (Å²) in [5.74, 6) is -1.90. The number of rotatable bonds is 17. The minimum atomic E-state index is -4.10. The number of fused-ring (bicyclic) bond motifs is 1. The van der Waals surface area contributed by atoms with Gasteiger partial charge in [0.25, 0.3) is 22.7 Å². The molecule has 0 fully saturated rings. The molecule has 101 heavy (non-hydrogen) atoms. The van der Waals surface area contributed by atoms with Crippen molar-refractivity contribution in [1.82, 2.24) is 0 Å². The maximum atomic E-state index is 12.6. The summed E-state index contributed by atoms with van der Waals surface area (Å²) in [6.07, 6.45) is 0. The van der Waals surface area contributed by atoms with E-state index in [1.54, 1.807) is 90.1 Å². The maximum Gasteiger partial charge on any atom is 0.319 e. The highest BCUT2D eigenvalue weighted by molar-refractivity contribution is 9.11. The number of nitriles is 3. The van der Waals surface area contributed by atoms with Crippen LogP contribution in [0.1, 0.15) is 55.4 Å². The Balaban J connectivity index is 0.000000596. The molecular formula is C58H55Br6FN10O20S6. The summed E-state index contributed by atoms with van der Waals surface area (Å²) in [6.45, 7) is 13.1. The van der Waals surface area contributed by atoms with Crippen LogP contribution in [-0.4, -0.2) is 112 Å². The molecule has 0 amide bonds. The quantitative estimate of drug-likeness (QED) is 0.0281. The molecule has 1 aliphatic rings. The van der Waals surface area contributed by atoms with Crippen molar-refractivity contribution >= 4 is 213 Å². The van der Waals surface area contributed by atoms with Crippen LogP contribution in [0.4, 0.5) is 38.5 Å². The molecule has 2 atom stereocenters. The van der Waals surface area contributed by atoms with Crippen LogP contribution in [0, 0.1) is 90.4 Å². The van der Waals surface area contributed by atoms with Crippen LogP contribution in [0.15, 0.2) is 166 Å². The summed E-state index contributed by atoms with van der Waals surface area (Å²) in [7, 11) is -11.5. The second-order valence-corrected chi connectivity index (χ2v) is 35.4. The van der Waals surface area contributed by atoms with Gasteiger partial charge in [-0.1, -0.05) is 95.6 Å². The van der Waals surface area contributed by atoms with Gasteiger partial charge in [-0.15, -0.1) is 23.5 Å². The Morgan fingerprint density at radius 3 is 1.44 bits per heavy atom. The van der Waals surface area contributed by atoms with E-state index < -0.39 is 107 Å². The van der Waals surface area contributed by atoms with E-state index in [0.29, 0.717) is 51.1 Å². The number of carbonyl (C=O) groups excluding carboxylic acids is 2. The van der Waals surface area contributed by atoms with Gasteiger partial charge in [0.2, 0.25) is 15.7 Å². The van der Waals surface area contributed by atoms with Crippen LogP contribution in [0.3, 0.4) is 0 Å². The van der Waals surface area contributed by atoms with Gasteiger partial charge in [-0.05, 0) is 134 Å². The number of benzene rings is 6. The van der Waals surface area contributed by atoms with E-state index >= 15 is 0 Å². The predicted octanol–water partition coefficient (Wildman–Crippen LogP) is 15.8. The van der Waals surface area contributed by atoms with E-state index in [-0.39, 0.29) is 45.0 Å². The first-order valence-corrected chi connectivity index (χ1v) is 39.1. The van der Waals surface area contributed by atoms with E-state index in [4.69, 9.17) is 26.3 Å². The summed E-state index contributed by atoms with van der Waals surface area (Å²) in [5, 5.41) is 78.0. The highest BCUT2D eigenvalue weighted by atomic mass is 79.9. The number of aliphatic imine (C=N–C) groups is 1. The van der Waals surface area contributed by atoms with E-state index in [9.17, 15) is 89.8 Å². The smallest absolute Gasteiger partial charge is 0.319 e. The molecule has 1 aliphatic heterocycles. The van der Waals surface area contributed by atoms with E-state index in [0.717, 1.165) is 64.4 Å². The summed E-state index contributed by atoms with van der Waals surface area (Å²) in [5.41, 5.74) is 4.51. The SMILES string of the molecule is CC(C)(C#N)S(=O)(=O)c1ccc(Br)cc1[N+](=O)[O-].CC1(C)C(N)=Nc2cc(Br)ccc2S1(=O)=O.CCOC(=O)C(C)S.CCOC(=O)C(C)Sc1ccc(Br)cc1[N+](=O)[O-].N#CCS(=O)(=O)c1ccc(Br)cc1[N+](=O)[O-].N#CCSc1ccc(Br)cc1[N+](=O)[O-].O=[N+]([O-])c1cc(Br)ccc1F. The Morgan fingerprint density at radius 1 is 0.634 bits per heavy atom. The van der Waals surface area contributed by atoms with E-state index in [2.05, 4.69) is 118 Å². The van der Waals surface area contributed by atoms with Crippen LogP contribution in [0.5, 0.6) is 0 Å². The lowest BCUT2D eigenvalue weighted by Gasteiger charge is -2.28. The molecule has 2 unspecified atom stereocenters. The largest absolute Gasteiger partial charge is 0.465 e. The third kappa shape index (κ3) is 27.9. The normalized spacial score (nSPS) is 12.7. The number of carbonyl (C=O) groups is 2. The van der Waals surface area contributed by atoms with Gasteiger partial charge in [0.1, 0.15) is 31.4 Å². The molecule has 43 heteroatoms. The molecule has 1 heterocycles. The first-order valence-electron chi connectivity index (χ1n) is 27.3. The number of thioether (sulfide) groups is 2. The summed E-state index contributed by atoms with van der Waals surface area (Å²) < 4.78 is 94.4. The number of esters is 2. The summed E-state index contributed by atoms with van der Waals surface area (Å²) >= 11 is 24.8. The van der Waals surface area contributed by atoms with E-state index in [1.165, 1.54) is 50.2 Å². The van der Waals surface area contributed by atoms with Crippen molar-refractivity contribution in [1.29, 1.82) is 15.8 Å². The lowest BCUT2D eigenvalue weighted by atomic mass is 10.2. The molecule has 0 aliphatic carbocycles. The van der Waals surface area contributed by atoms with Gasteiger partial charge in [0.05, 0.1) is 87.4 Å². The maximum absolute atomic E-state index is 12.6. The van der Waals surface area contributed by atoms with Crippen molar-refractivity contribution in [3.05, 3.63) is 192 Å².